The number of aromatic nitrogens is 3. The molecule has 0 aliphatic rings. The molecule has 5 rings (SSSR count). The molecule has 236 valence electrons. The standard InChI is InChI=1S/C31H26ClF3N4O4S2.K.H/c1-2-3-12-27-36-39(25-10-6-5-9-23(25)31(33,34)35)30(41)38(27)19-20-13-15-21(16-14-20)22-8-4-7-11-26(22)45(42,43)37-29(40)28-24(32)17-18-44-28;;/h4-11,13-18H,2-3,12,19H2,1H3,(H,37,40);;. The van der Waals surface area contributed by atoms with E-state index in [2.05, 4.69) is 9.82 Å². The Morgan fingerprint density at radius 1 is 1.00 bits per heavy atom. The first-order valence-corrected chi connectivity index (χ1v) is 16.5. The molecule has 2 aromatic heterocycles. The fourth-order valence-corrected chi connectivity index (χ4v) is 7.05. The molecule has 0 bridgehead atoms. The van der Waals surface area contributed by atoms with Crippen molar-refractivity contribution in [2.75, 3.05) is 0 Å². The van der Waals surface area contributed by atoms with Crippen molar-refractivity contribution in [1.82, 2.24) is 19.1 Å². The van der Waals surface area contributed by atoms with Gasteiger partial charge in [0.15, 0.2) is 0 Å². The molecule has 1 amide bonds. The normalized spacial score (nSPS) is 11.7. The molecule has 0 spiro atoms. The zero-order valence-corrected chi connectivity index (χ0v) is 26.1. The van der Waals surface area contributed by atoms with E-state index in [0.717, 1.165) is 28.5 Å². The number of carbonyl (C=O) groups is 1. The molecule has 3 aromatic carbocycles. The van der Waals surface area contributed by atoms with Crippen LogP contribution in [0.3, 0.4) is 0 Å². The van der Waals surface area contributed by atoms with Crippen LogP contribution in [0.2, 0.25) is 5.02 Å². The van der Waals surface area contributed by atoms with Crippen molar-refractivity contribution >= 4 is 90.3 Å². The van der Waals surface area contributed by atoms with Crippen molar-refractivity contribution in [2.45, 2.75) is 43.8 Å². The second-order valence-electron chi connectivity index (χ2n) is 10.0. The summed E-state index contributed by atoms with van der Waals surface area (Å²) in [6.45, 7) is 1.99. The van der Waals surface area contributed by atoms with Gasteiger partial charge in [0.05, 0.1) is 27.7 Å². The van der Waals surface area contributed by atoms with E-state index >= 15 is 0 Å². The average molecular weight is 715 g/mol. The predicted molar refractivity (Wildman–Crippen MR) is 174 cm³/mol. The van der Waals surface area contributed by atoms with Crippen LogP contribution in [0.1, 0.15) is 46.4 Å². The molecule has 1 N–H and O–H groups in total. The summed E-state index contributed by atoms with van der Waals surface area (Å²) in [5, 5.41) is 6.02. The third-order valence-corrected chi connectivity index (χ3v) is 9.69. The second-order valence-corrected chi connectivity index (χ2v) is 13.0. The topological polar surface area (TPSA) is 103 Å². The summed E-state index contributed by atoms with van der Waals surface area (Å²) in [5.74, 6) is -0.496. The van der Waals surface area contributed by atoms with Gasteiger partial charge in [-0.3, -0.25) is 9.36 Å². The number of hydrogen-bond acceptors (Lipinski definition) is 6. The van der Waals surface area contributed by atoms with E-state index in [1.54, 1.807) is 41.8 Å². The van der Waals surface area contributed by atoms with Crippen molar-refractivity contribution in [2.24, 2.45) is 0 Å². The Labute approximate surface area is 314 Å². The third-order valence-electron chi connectivity index (χ3n) is 6.96. The number of rotatable bonds is 10. The molecule has 15 heteroatoms. The van der Waals surface area contributed by atoms with E-state index < -0.39 is 33.4 Å². The van der Waals surface area contributed by atoms with Gasteiger partial charge in [-0.25, -0.2) is 17.9 Å². The Morgan fingerprint density at radius 2 is 1.67 bits per heavy atom. The van der Waals surface area contributed by atoms with Crippen LogP contribution in [0.5, 0.6) is 0 Å². The minimum atomic E-state index is -4.68. The van der Waals surface area contributed by atoms with Crippen molar-refractivity contribution in [1.29, 1.82) is 0 Å². The Hall–Kier alpha value is -2.56. The molecule has 5 aromatic rings. The van der Waals surface area contributed by atoms with Crippen molar-refractivity contribution in [3.05, 3.63) is 122 Å². The maximum absolute atomic E-state index is 13.7. The number of hydrogen-bond donors (Lipinski definition) is 1. The van der Waals surface area contributed by atoms with Gasteiger partial charge in [-0.2, -0.15) is 17.9 Å². The fraction of sp³-hybridized carbons (Fsp3) is 0.194. The third kappa shape index (κ3) is 7.93. The molecule has 46 heavy (non-hydrogen) atoms. The Bertz CT molecular complexity index is 2020. The SMILES string of the molecule is CCCCc1nn(-c2ccccc2C(F)(F)F)c(=O)n1Cc1ccc(-c2ccccc2S(=O)(=O)NC(=O)c2sccc2Cl)cc1.[KH]. The van der Waals surface area contributed by atoms with Crippen LogP contribution in [0, 0.1) is 0 Å². The molecule has 0 radical (unpaired) electrons. The number of benzene rings is 3. The molecule has 0 fully saturated rings. The average Bonchev–Trinajstić information content (AvgIpc) is 3.58. The molecular formula is C31H27ClF3KN4O4S2. The first-order chi connectivity index (χ1) is 21.4. The summed E-state index contributed by atoms with van der Waals surface area (Å²) in [6, 6.07) is 19.2. The number of alkyl halides is 3. The number of unbranched alkanes of at least 4 members (excludes halogenated alkanes) is 1. The number of aryl methyl sites for hydroxylation is 1. The van der Waals surface area contributed by atoms with Crippen LogP contribution >= 0.6 is 22.9 Å². The van der Waals surface area contributed by atoms with Gasteiger partial charge < -0.3 is 0 Å². The molecule has 2 heterocycles. The molecule has 0 saturated heterocycles. The van der Waals surface area contributed by atoms with Gasteiger partial charge in [-0.05, 0) is 47.2 Å². The first kappa shape index (κ1) is 36.3. The molecule has 0 saturated carbocycles. The summed E-state index contributed by atoms with van der Waals surface area (Å²) < 4.78 is 71.9. The van der Waals surface area contributed by atoms with Gasteiger partial charge in [0.25, 0.3) is 15.9 Å². The van der Waals surface area contributed by atoms with Gasteiger partial charge in [0.2, 0.25) is 0 Å². The number of nitrogens with one attached hydrogen (secondary N) is 1. The molecule has 0 aliphatic heterocycles. The molecule has 8 nitrogen and oxygen atoms in total. The number of sulfonamides is 1. The number of carbonyl (C=O) groups excluding carboxylic acids is 1. The molecular weight excluding hydrogens is 688 g/mol. The Morgan fingerprint density at radius 3 is 2.33 bits per heavy atom. The van der Waals surface area contributed by atoms with Gasteiger partial charge in [0.1, 0.15) is 10.7 Å². The second kappa shape index (κ2) is 15.1. The van der Waals surface area contributed by atoms with E-state index in [9.17, 15) is 31.2 Å². The van der Waals surface area contributed by atoms with E-state index in [0.29, 0.717) is 35.4 Å². The summed E-state index contributed by atoms with van der Waals surface area (Å²) in [7, 11) is -4.29. The molecule has 0 atom stereocenters. The van der Waals surface area contributed by atoms with E-state index in [1.165, 1.54) is 41.0 Å². The van der Waals surface area contributed by atoms with Crippen molar-refractivity contribution in [3.8, 4) is 16.8 Å². The van der Waals surface area contributed by atoms with E-state index in [4.69, 9.17) is 11.6 Å². The minimum absolute atomic E-state index is 0. The van der Waals surface area contributed by atoms with Crippen molar-refractivity contribution < 1.29 is 26.4 Å². The zero-order valence-electron chi connectivity index (χ0n) is 23.7. The van der Waals surface area contributed by atoms with Crippen LogP contribution in [0.4, 0.5) is 13.2 Å². The van der Waals surface area contributed by atoms with Crippen LogP contribution < -0.4 is 10.4 Å². The summed E-state index contributed by atoms with van der Waals surface area (Å²) in [5.41, 5.74) is -0.531. The molecule has 0 aliphatic carbocycles. The Balaban J connectivity index is 0.00000480. The number of thiophene rings is 1. The summed E-state index contributed by atoms with van der Waals surface area (Å²) in [6.07, 6.45) is -2.82. The summed E-state index contributed by atoms with van der Waals surface area (Å²) >= 11 is 7.01. The quantitative estimate of drug-likeness (QED) is 0.171. The van der Waals surface area contributed by atoms with Crippen LogP contribution in [-0.2, 0) is 29.2 Å². The van der Waals surface area contributed by atoms with Crippen LogP contribution in [0.15, 0.2) is 93.9 Å². The number of amides is 1. The van der Waals surface area contributed by atoms with Gasteiger partial charge in [0, 0.05) is 12.0 Å². The van der Waals surface area contributed by atoms with E-state index in [-0.39, 0.29) is 78.4 Å². The van der Waals surface area contributed by atoms with E-state index in [1.807, 2.05) is 6.92 Å². The van der Waals surface area contributed by atoms with Crippen LogP contribution in [-0.4, -0.2) is 80.1 Å². The predicted octanol–water partition coefficient (Wildman–Crippen LogP) is 6.30. The fourth-order valence-electron chi connectivity index (χ4n) is 4.76. The first-order valence-electron chi connectivity index (χ1n) is 13.7. The van der Waals surface area contributed by atoms with Gasteiger partial charge >= 0.3 is 63.3 Å². The monoisotopic (exact) mass is 714 g/mol. The number of halogens is 4. The number of nitrogens with zero attached hydrogens (tertiary/aromatic N) is 3. The number of para-hydroxylation sites is 1. The van der Waals surface area contributed by atoms with Gasteiger partial charge in [-0.1, -0.05) is 79.5 Å². The van der Waals surface area contributed by atoms with Gasteiger partial charge in [-0.15, -0.1) is 16.4 Å². The Kier molecular flexibility index (Phi) is 11.9. The zero-order chi connectivity index (χ0) is 32.4. The maximum atomic E-state index is 13.7. The molecule has 0 unspecified atom stereocenters. The summed E-state index contributed by atoms with van der Waals surface area (Å²) in [4.78, 5) is 26.0. The van der Waals surface area contributed by atoms with Crippen molar-refractivity contribution in [3.63, 3.8) is 0 Å². The van der Waals surface area contributed by atoms with Crippen LogP contribution in [0.25, 0.3) is 16.8 Å².